The summed E-state index contributed by atoms with van der Waals surface area (Å²) in [6.45, 7) is 8.77. The van der Waals surface area contributed by atoms with E-state index < -0.39 is 0 Å². The number of aromatic nitrogens is 2. The fraction of sp³-hybridized carbons (Fsp3) is 0.471. The van der Waals surface area contributed by atoms with Crippen LogP contribution in [0.25, 0.3) is 0 Å². The summed E-state index contributed by atoms with van der Waals surface area (Å²) < 4.78 is 5.56. The van der Waals surface area contributed by atoms with Gasteiger partial charge in [0, 0.05) is 24.2 Å². The van der Waals surface area contributed by atoms with E-state index in [1.807, 2.05) is 6.92 Å². The van der Waals surface area contributed by atoms with Gasteiger partial charge in [0.2, 0.25) is 5.88 Å². The highest BCUT2D eigenvalue weighted by Gasteiger charge is 2.05. The number of guanidine groups is 1. The second-order valence-corrected chi connectivity index (χ2v) is 6.98. The minimum atomic E-state index is 0. The van der Waals surface area contributed by atoms with Gasteiger partial charge >= 0.3 is 0 Å². The summed E-state index contributed by atoms with van der Waals surface area (Å²) in [6, 6.07) is 3.50. The lowest BCUT2D eigenvalue weighted by molar-refractivity contribution is 0.309. The molecule has 0 saturated heterocycles. The van der Waals surface area contributed by atoms with E-state index in [2.05, 4.69) is 44.8 Å². The Labute approximate surface area is 180 Å². The molecule has 6 nitrogen and oxygen atoms in total. The van der Waals surface area contributed by atoms with Gasteiger partial charge in [0.05, 0.1) is 23.8 Å². The highest BCUT2D eigenvalue weighted by molar-refractivity contribution is 14.0. The zero-order valence-corrected chi connectivity index (χ0v) is 19.1. The fourth-order valence-corrected chi connectivity index (χ4v) is 2.91. The van der Waals surface area contributed by atoms with Crippen molar-refractivity contribution in [3.05, 3.63) is 39.4 Å². The van der Waals surface area contributed by atoms with Gasteiger partial charge in [0.1, 0.15) is 11.6 Å². The highest BCUT2D eigenvalue weighted by Crippen LogP contribution is 2.18. The van der Waals surface area contributed by atoms with Gasteiger partial charge < -0.3 is 15.4 Å². The Hall–Kier alpha value is -1.13. The molecule has 144 valence electrons. The SMILES string of the molecule is CCNC(=NCc1nc(C(C)C)cs1)NCCOc1ccc(Cl)cn1.I. The molecule has 0 radical (unpaired) electrons. The zero-order valence-electron chi connectivity index (χ0n) is 15.2. The molecule has 0 fully saturated rings. The van der Waals surface area contributed by atoms with Crippen LogP contribution in [0.5, 0.6) is 5.88 Å². The van der Waals surface area contributed by atoms with E-state index in [0.717, 1.165) is 23.2 Å². The Morgan fingerprint density at radius 3 is 2.77 bits per heavy atom. The van der Waals surface area contributed by atoms with Gasteiger partial charge in [0.25, 0.3) is 0 Å². The average molecular weight is 510 g/mol. The van der Waals surface area contributed by atoms with Crippen molar-refractivity contribution in [3.63, 3.8) is 0 Å². The lowest BCUT2D eigenvalue weighted by atomic mass is 10.2. The van der Waals surface area contributed by atoms with Crippen LogP contribution in [0.4, 0.5) is 0 Å². The second-order valence-electron chi connectivity index (χ2n) is 5.61. The molecule has 0 amide bonds. The Bertz CT molecular complexity index is 678. The van der Waals surface area contributed by atoms with Crippen molar-refractivity contribution in [1.29, 1.82) is 0 Å². The Morgan fingerprint density at radius 2 is 2.15 bits per heavy atom. The predicted octanol–water partition coefficient (Wildman–Crippen LogP) is 4.07. The third-order valence-corrected chi connectivity index (χ3v) is 4.30. The van der Waals surface area contributed by atoms with Crippen molar-refractivity contribution >= 4 is 52.9 Å². The molecule has 26 heavy (non-hydrogen) atoms. The van der Waals surface area contributed by atoms with Crippen molar-refractivity contribution in [2.45, 2.75) is 33.2 Å². The van der Waals surface area contributed by atoms with Crippen molar-refractivity contribution in [2.24, 2.45) is 4.99 Å². The number of pyridine rings is 1. The van der Waals surface area contributed by atoms with Crippen LogP contribution in [-0.2, 0) is 6.54 Å². The van der Waals surface area contributed by atoms with Crippen LogP contribution >= 0.6 is 46.9 Å². The third-order valence-electron chi connectivity index (χ3n) is 3.22. The summed E-state index contributed by atoms with van der Waals surface area (Å²) in [5, 5.41) is 10.2. The smallest absolute Gasteiger partial charge is 0.213 e. The van der Waals surface area contributed by atoms with E-state index in [1.54, 1.807) is 29.7 Å². The number of hydrogen-bond acceptors (Lipinski definition) is 5. The molecule has 2 aromatic heterocycles. The van der Waals surface area contributed by atoms with E-state index in [9.17, 15) is 0 Å². The number of ether oxygens (including phenoxy) is 1. The lowest BCUT2D eigenvalue weighted by Crippen LogP contribution is -2.39. The average Bonchev–Trinajstić information content (AvgIpc) is 3.07. The molecule has 0 aliphatic carbocycles. The summed E-state index contributed by atoms with van der Waals surface area (Å²) in [5.41, 5.74) is 1.12. The number of thiazole rings is 1. The molecule has 2 aromatic rings. The molecular weight excluding hydrogens is 485 g/mol. The van der Waals surface area contributed by atoms with Crippen LogP contribution < -0.4 is 15.4 Å². The Morgan fingerprint density at radius 1 is 1.35 bits per heavy atom. The molecule has 0 unspecified atom stereocenters. The van der Waals surface area contributed by atoms with E-state index in [-0.39, 0.29) is 24.0 Å². The number of nitrogens with one attached hydrogen (secondary N) is 2. The standard InChI is InChI=1S/C17H24ClN5OS.HI/c1-4-19-17(22-10-16-23-14(11-25-16)12(2)3)20-7-8-24-15-6-5-13(18)9-21-15;/h5-6,9,11-12H,4,7-8,10H2,1-3H3,(H2,19,20,22);1H. The van der Waals surface area contributed by atoms with E-state index in [4.69, 9.17) is 16.3 Å². The molecule has 0 atom stereocenters. The summed E-state index contributed by atoms with van der Waals surface area (Å²) >= 11 is 7.44. The molecule has 9 heteroatoms. The van der Waals surface area contributed by atoms with E-state index >= 15 is 0 Å². The normalized spacial score (nSPS) is 11.2. The number of rotatable bonds is 8. The lowest BCUT2D eigenvalue weighted by Gasteiger charge is -2.11. The van der Waals surface area contributed by atoms with Gasteiger partial charge in [-0.25, -0.2) is 15.0 Å². The molecule has 0 saturated carbocycles. The third kappa shape index (κ3) is 8.05. The Balaban J connectivity index is 0.00000338. The summed E-state index contributed by atoms with van der Waals surface area (Å²) in [5.74, 6) is 1.74. The van der Waals surface area contributed by atoms with Crippen molar-refractivity contribution in [3.8, 4) is 5.88 Å². The maximum atomic E-state index is 5.79. The molecule has 0 bridgehead atoms. The van der Waals surface area contributed by atoms with Crippen LogP contribution in [0, 0.1) is 0 Å². The van der Waals surface area contributed by atoms with E-state index in [0.29, 0.717) is 36.5 Å². The van der Waals surface area contributed by atoms with E-state index in [1.165, 1.54) is 0 Å². The number of hydrogen-bond donors (Lipinski definition) is 2. The topological polar surface area (TPSA) is 71.4 Å². The number of aliphatic imine (C=N–C) groups is 1. The predicted molar refractivity (Wildman–Crippen MR) is 119 cm³/mol. The Kier molecular flexibility index (Phi) is 10.8. The minimum Gasteiger partial charge on any atom is -0.476 e. The van der Waals surface area contributed by atoms with Gasteiger partial charge in [-0.05, 0) is 18.9 Å². The molecule has 0 spiro atoms. The molecule has 0 aliphatic heterocycles. The quantitative estimate of drug-likeness (QED) is 0.243. The minimum absolute atomic E-state index is 0. The monoisotopic (exact) mass is 509 g/mol. The maximum absolute atomic E-state index is 5.79. The fourth-order valence-electron chi connectivity index (χ4n) is 1.92. The second kappa shape index (κ2) is 12.3. The van der Waals surface area contributed by atoms with Crippen LogP contribution in [-0.4, -0.2) is 35.6 Å². The molecule has 0 aromatic carbocycles. The first-order valence-corrected chi connectivity index (χ1v) is 9.55. The van der Waals surface area contributed by atoms with Gasteiger partial charge in [-0.1, -0.05) is 25.4 Å². The summed E-state index contributed by atoms with van der Waals surface area (Å²) in [4.78, 5) is 13.3. The highest BCUT2D eigenvalue weighted by atomic mass is 127. The van der Waals surface area contributed by atoms with Crippen LogP contribution in [0.1, 0.15) is 37.4 Å². The summed E-state index contributed by atoms with van der Waals surface area (Å²) in [7, 11) is 0. The van der Waals surface area contributed by atoms with Crippen molar-refractivity contribution in [1.82, 2.24) is 20.6 Å². The largest absolute Gasteiger partial charge is 0.476 e. The summed E-state index contributed by atoms with van der Waals surface area (Å²) in [6.07, 6.45) is 1.56. The van der Waals surface area contributed by atoms with Crippen LogP contribution in [0.15, 0.2) is 28.7 Å². The van der Waals surface area contributed by atoms with Crippen LogP contribution in [0.3, 0.4) is 0 Å². The maximum Gasteiger partial charge on any atom is 0.213 e. The van der Waals surface area contributed by atoms with Gasteiger partial charge in [-0.15, -0.1) is 35.3 Å². The number of halogens is 2. The zero-order chi connectivity index (χ0) is 18.1. The van der Waals surface area contributed by atoms with Crippen molar-refractivity contribution in [2.75, 3.05) is 19.7 Å². The number of nitrogens with zero attached hydrogens (tertiary/aromatic N) is 3. The molecule has 2 rings (SSSR count). The van der Waals surface area contributed by atoms with Crippen molar-refractivity contribution < 1.29 is 4.74 Å². The van der Waals surface area contributed by atoms with Gasteiger partial charge in [-0.2, -0.15) is 0 Å². The molecule has 2 heterocycles. The first-order chi connectivity index (χ1) is 12.1. The first-order valence-electron chi connectivity index (χ1n) is 8.29. The van der Waals surface area contributed by atoms with Crippen LogP contribution in [0.2, 0.25) is 5.02 Å². The molecular formula is C17H25ClIN5OS. The molecule has 0 aliphatic rings. The van der Waals surface area contributed by atoms with Gasteiger partial charge in [0.15, 0.2) is 5.96 Å². The van der Waals surface area contributed by atoms with Gasteiger partial charge in [-0.3, -0.25) is 0 Å². The first kappa shape index (κ1) is 22.9. The molecule has 2 N–H and O–H groups in total.